The zero-order chi connectivity index (χ0) is 12.8. The van der Waals surface area contributed by atoms with Crippen LogP contribution in [0, 0.1) is 0 Å². The van der Waals surface area contributed by atoms with E-state index >= 15 is 0 Å². The number of aliphatic hydroxyl groups is 1. The lowest BCUT2D eigenvalue weighted by Gasteiger charge is -2.15. The van der Waals surface area contributed by atoms with E-state index in [0.717, 1.165) is 5.56 Å². The van der Waals surface area contributed by atoms with E-state index in [4.69, 9.17) is 22.4 Å². The average Bonchev–Trinajstić information content (AvgIpc) is 2.30. The van der Waals surface area contributed by atoms with Crippen molar-refractivity contribution in [1.29, 1.82) is 0 Å². The number of carbonyl (C=O) groups is 1. The number of anilines is 1. The molecule has 0 aliphatic carbocycles. The number of halogens is 1. The summed E-state index contributed by atoms with van der Waals surface area (Å²) in [7, 11) is 1.68. The molecule has 5 heteroatoms. The highest BCUT2D eigenvalue weighted by Gasteiger charge is 2.08. The minimum Gasteiger partial charge on any atom is -0.398 e. The molecule has 1 aromatic carbocycles. The molecule has 0 fully saturated rings. The van der Waals surface area contributed by atoms with Gasteiger partial charge in [-0.15, -0.1) is 0 Å². The third-order valence-corrected chi connectivity index (χ3v) is 2.89. The van der Waals surface area contributed by atoms with Crippen LogP contribution in [0.3, 0.4) is 0 Å². The van der Waals surface area contributed by atoms with Gasteiger partial charge in [-0.05, 0) is 24.1 Å². The number of nitrogens with two attached hydrogens (primary N) is 1. The molecule has 0 radical (unpaired) electrons. The number of rotatable bonds is 5. The molecule has 0 spiro atoms. The molecule has 17 heavy (non-hydrogen) atoms. The van der Waals surface area contributed by atoms with Gasteiger partial charge in [0.1, 0.15) is 0 Å². The first-order valence-electron chi connectivity index (χ1n) is 5.43. The number of aliphatic hydroxyl groups excluding tert-OH is 1. The minimum absolute atomic E-state index is 0.00701. The first-order chi connectivity index (χ1) is 8.04. The van der Waals surface area contributed by atoms with Crippen molar-refractivity contribution in [2.24, 2.45) is 0 Å². The molecular formula is C12H17ClN2O2. The Hall–Kier alpha value is -1.26. The maximum Gasteiger partial charge on any atom is 0.222 e. The highest BCUT2D eigenvalue weighted by atomic mass is 35.5. The summed E-state index contributed by atoms with van der Waals surface area (Å²) in [4.78, 5) is 13.1. The number of hydrogen-bond donors (Lipinski definition) is 2. The van der Waals surface area contributed by atoms with Crippen LogP contribution in [-0.4, -0.2) is 36.1 Å². The summed E-state index contributed by atoms with van der Waals surface area (Å²) < 4.78 is 0. The fourth-order valence-corrected chi connectivity index (χ4v) is 1.58. The number of likely N-dealkylation sites (N-methyl/N-ethyl adjacent to an activating group) is 1. The highest BCUT2D eigenvalue weighted by Crippen LogP contribution is 2.20. The lowest BCUT2D eigenvalue weighted by molar-refractivity contribution is -0.130. The van der Waals surface area contributed by atoms with Gasteiger partial charge in [-0.25, -0.2) is 0 Å². The molecule has 3 N–H and O–H groups in total. The van der Waals surface area contributed by atoms with Gasteiger partial charge in [0.25, 0.3) is 0 Å². The molecule has 0 unspecified atom stereocenters. The molecule has 0 atom stereocenters. The second-order valence-corrected chi connectivity index (χ2v) is 4.30. The van der Waals surface area contributed by atoms with E-state index in [1.54, 1.807) is 19.2 Å². The zero-order valence-corrected chi connectivity index (χ0v) is 10.6. The summed E-state index contributed by atoms with van der Waals surface area (Å²) in [5.74, 6) is 0.00701. The SMILES string of the molecule is CN(CCO)C(=O)CCc1ccc(Cl)c(N)c1. The Morgan fingerprint density at radius 3 is 2.82 bits per heavy atom. The Morgan fingerprint density at radius 2 is 2.24 bits per heavy atom. The average molecular weight is 257 g/mol. The normalized spacial score (nSPS) is 10.3. The third kappa shape index (κ3) is 4.24. The van der Waals surface area contributed by atoms with Crippen molar-refractivity contribution in [2.45, 2.75) is 12.8 Å². The molecule has 1 amide bonds. The van der Waals surface area contributed by atoms with Gasteiger partial charge < -0.3 is 15.7 Å². The van der Waals surface area contributed by atoms with Crippen molar-refractivity contribution < 1.29 is 9.90 Å². The molecular weight excluding hydrogens is 240 g/mol. The third-order valence-electron chi connectivity index (χ3n) is 2.55. The van der Waals surface area contributed by atoms with E-state index in [1.807, 2.05) is 6.07 Å². The number of aryl methyl sites for hydroxylation is 1. The van der Waals surface area contributed by atoms with Crippen LogP contribution < -0.4 is 5.73 Å². The molecule has 0 aromatic heterocycles. The number of hydrogen-bond acceptors (Lipinski definition) is 3. The number of nitrogens with zero attached hydrogens (tertiary/aromatic N) is 1. The van der Waals surface area contributed by atoms with Crippen LogP contribution in [0.5, 0.6) is 0 Å². The van der Waals surface area contributed by atoms with Gasteiger partial charge in [0, 0.05) is 20.0 Å². The summed E-state index contributed by atoms with van der Waals surface area (Å²) in [5, 5.41) is 9.24. The van der Waals surface area contributed by atoms with E-state index in [-0.39, 0.29) is 12.5 Å². The first-order valence-corrected chi connectivity index (χ1v) is 5.81. The fourth-order valence-electron chi connectivity index (χ4n) is 1.47. The van der Waals surface area contributed by atoms with Gasteiger partial charge in [0.2, 0.25) is 5.91 Å². The van der Waals surface area contributed by atoms with E-state index in [9.17, 15) is 4.79 Å². The van der Waals surface area contributed by atoms with Crippen molar-refractivity contribution in [2.75, 3.05) is 25.9 Å². The Bertz CT molecular complexity index is 396. The standard InChI is InChI=1S/C12H17ClN2O2/c1-15(6-7-16)12(17)5-3-9-2-4-10(13)11(14)8-9/h2,4,8,16H,3,5-7,14H2,1H3. The minimum atomic E-state index is -0.0177. The van der Waals surface area contributed by atoms with Crippen LogP contribution >= 0.6 is 11.6 Å². The van der Waals surface area contributed by atoms with Crippen LogP contribution in [-0.2, 0) is 11.2 Å². The fraction of sp³-hybridized carbons (Fsp3) is 0.417. The molecule has 4 nitrogen and oxygen atoms in total. The van der Waals surface area contributed by atoms with E-state index in [2.05, 4.69) is 0 Å². The topological polar surface area (TPSA) is 66.6 Å². The summed E-state index contributed by atoms with van der Waals surface area (Å²) in [6.45, 7) is 0.345. The lowest BCUT2D eigenvalue weighted by Crippen LogP contribution is -2.29. The smallest absolute Gasteiger partial charge is 0.222 e. The van der Waals surface area contributed by atoms with Gasteiger partial charge in [-0.3, -0.25) is 4.79 Å². The van der Waals surface area contributed by atoms with Gasteiger partial charge in [0.15, 0.2) is 0 Å². The van der Waals surface area contributed by atoms with Crippen molar-refractivity contribution in [3.63, 3.8) is 0 Å². The van der Waals surface area contributed by atoms with Gasteiger partial charge in [0.05, 0.1) is 17.3 Å². The molecule has 94 valence electrons. The number of nitrogen functional groups attached to an aromatic ring is 1. The molecule has 0 bridgehead atoms. The van der Waals surface area contributed by atoms with E-state index in [1.165, 1.54) is 4.90 Å². The molecule has 0 heterocycles. The Balaban J connectivity index is 2.50. The van der Waals surface area contributed by atoms with Crippen LogP contribution in [0.2, 0.25) is 5.02 Å². The molecule has 0 saturated carbocycles. The molecule has 0 saturated heterocycles. The van der Waals surface area contributed by atoms with Crippen LogP contribution in [0.1, 0.15) is 12.0 Å². The maximum atomic E-state index is 11.6. The summed E-state index contributed by atoms with van der Waals surface area (Å²) in [5.41, 5.74) is 7.19. The number of benzene rings is 1. The van der Waals surface area contributed by atoms with Gasteiger partial charge in [-0.2, -0.15) is 0 Å². The maximum absolute atomic E-state index is 11.6. The zero-order valence-electron chi connectivity index (χ0n) is 9.82. The van der Waals surface area contributed by atoms with E-state index < -0.39 is 0 Å². The van der Waals surface area contributed by atoms with Crippen LogP contribution in [0.25, 0.3) is 0 Å². The second kappa shape index (κ2) is 6.47. The van der Waals surface area contributed by atoms with Crippen molar-refractivity contribution in [3.8, 4) is 0 Å². The predicted molar refractivity (Wildman–Crippen MR) is 68.9 cm³/mol. The van der Waals surface area contributed by atoms with Crippen molar-refractivity contribution >= 4 is 23.2 Å². The second-order valence-electron chi connectivity index (χ2n) is 3.89. The Labute approximate surface area is 106 Å². The Kier molecular flexibility index (Phi) is 5.25. The molecule has 0 aliphatic heterocycles. The number of amides is 1. The van der Waals surface area contributed by atoms with Crippen LogP contribution in [0.4, 0.5) is 5.69 Å². The summed E-state index contributed by atoms with van der Waals surface area (Å²) >= 11 is 5.81. The molecule has 1 rings (SSSR count). The highest BCUT2D eigenvalue weighted by molar-refractivity contribution is 6.33. The first kappa shape index (κ1) is 13.8. The van der Waals surface area contributed by atoms with Crippen LogP contribution in [0.15, 0.2) is 18.2 Å². The number of carbonyl (C=O) groups excluding carboxylic acids is 1. The summed E-state index contributed by atoms with van der Waals surface area (Å²) in [6.07, 6.45) is 1.02. The largest absolute Gasteiger partial charge is 0.398 e. The van der Waals surface area contributed by atoms with Crippen molar-refractivity contribution in [1.82, 2.24) is 4.90 Å². The summed E-state index contributed by atoms with van der Waals surface area (Å²) in [6, 6.07) is 5.37. The monoisotopic (exact) mass is 256 g/mol. The predicted octanol–water partition coefficient (Wildman–Crippen LogP) is 1.31. The molecule has 0 aliphatic rings. The molecule has 1 aromatic rings. The lowest BCUT2D eigenvalue weighted by atomic mass is 10.1. The van der Waals surface area contributed by atoms with Gasteiger partial charge >= 0.3 is 0 Å². The van der Waals surface area contributed by atoms with Crippen molar-refractivity contribution in [3.05, 3.63) is 28.8 Å². The van der Waals surface area contributed by atoms with Gasteiger partial charge in [-0.1, -0.05) is 17.7 Å². The Morgan fingerprint density at radius 1 is 1.53 bits per heavy atom. The quantitative estimate of drug-likeness (QED) is 0.781. The van der Waals surface area contributed by atoms with E-state index in [0.29, 0.717) is 30.1 Å².